The molecule has 0 bridgehead atoms. The molecule has 3 atom stereocenters. The van der Waals surface area contributed by atoms with Crippen molar-refractivity contribution >= 4 is 17.6 Å². The maximum Gasteiger partial charge on any atom is 0.335 e. The minimum atomic E-state index is -1.16. The number of carbonyl (C=O) groups is 2. The molecule has 210 valence electrons. The SMILES string of the molecule is CCCCC[C@@H](OCc1ccccc1)c1cc(C(=O)O)c(C2CCOC2C/C=C/C(=O)OCC)cc1[N+](=O)[O-]. The van der Waals surface area contributed by atoms with Crippen LogP contribution in [0.5, 0.6) is 0 Å². The maximum atomic E-state index is 12.4. The summed E-state index contributed by atoms with van der Waals surface area (Å²) in [5.74, 6) is -2.01. The van der Waals surface area contributed by atoms with Gasteiger partial charge < -0.3 is 19.3 Å². The molecule has 1 heterocycles. The zero-order valence-electron chi connectivity index (χ0n) is 22.5. The van der Waals surface area contributed by atoms with Gasteiger partial charge in [0.2, 0.25) is 0 Å². The quantitative estimate of drug-likeness (QED) is 0.0892. The molecular weight excluding hydrogens is 502 g/mol. The van der Waals surface area contributed by atoms with Crippen molar-refractivity contribution in [1.82, 2.24) is 0 Å². The highest BCUT2D eigenvalue weighted by Crippen LogP contribution is 2.41. The molecule has 0 saturated carbocycles. The predicted molar refractivity (Wildman–Crippen MR) is 146 cm³/mol. The molecule has 1 aliphatic rings. The lowest BCUT2D eigenvalue weighted by Gasteiger charge is -2.23. The lowest BCUT2D eigenvalue weighted by molar-refractivity contribution is -0.386. The van der Waals surface area contributed by atoms with Gasteiger partial charge in [-0.25, -0.2) is 9.59 Å². The summed E-state index contributed by atoms with van der Waals surface area (Å²) in [6.45, 7) is 4.69. The van der Waals surface area contributed by atoms with Crippen LogP contribution in [-0.4, -0.2) is 41.3 Å². The first kappa shape index (κ1) is 30.0. The zero-order valence-corrected chi connectivity index (χ0v) is 22.5. The molecule has 1 N–H and O–H groups in total. The molecule has 2 unspecified atom stereocenters. The Morgan fingerprint density at radius 1 is 1.21 bits per heavy atom. The molecule has 2 aromatic rings. The number of nitro groups is 1. The highest BCUT2D eigenvalue weighted by atomic mass is 16.6. The molecule has 1 saturated heterocycles. The van der Waals surface area contributed by atoms with Gasteiger partial charge in [0.15, 0.2) is 0 Å². The summed E-state index contributed by atoms with van der Waals surface area (Å²) in [4.78, 5) is 35.9. The number of carboxylic acid groups (broad SMARTS) is 1. The van der Waals surface area contributed by atoms with Crippen molar-refractivity contribution in [2.75, 3.05) is 13.2 Å². The lowest BCUT2D eigenvalue weighted by Crippen LogP contribution is -2.18. The first-order valence-electron chi connectivity index (χ1n) is 13.5. The molecule has 9 heteroatoms. The van der Waals surface area contributed by atoms with Gasteiger partial charge in [-0.15, -0.1) is 0 Å². The number of esters is 1. The Morgan fingerprint density at radius 2 is 1.97 bits per heavy atom. The van der Waals surface area contributed by atoms with E-state index in [-0.39, 0.29) is 35.9 Å². The van der Waals surface area contributed by atoms with Crippen LogP contribution in [0, 0.1) is 10.1 Å². The number of hydrogen-bond acceptors (Lipinski definition) is 7. The average Bonchev–Trinajstić information content (AvgIpc) is 3.39. The van der Waals surface area contributed by atoms with E-state index in [1.165, 1.54) is 18.2 Å². The number of carboxylic acids is 1. The molecule has 9 nitrogen and oxygen atoms in total. The molecule has 0 radical (unpaired) electrons. The van der Waals surface area contributed by atoms with Crippen LogP contribution >= 0.6 is 0 Å². The molecule has 3 rings (SSSR count). The summed E-state index contributed by atoms with van der Waals surface area (Å²) in [6.07, 6.45) is 5.99. The first-order chi connectivity index (χ1) is 18.8. The molecule has 0 aliphatic carbocycles. The number of rotatable bonds is 15. The van der Waals surface area contributed by atoms with Crippen molar-refractivity contribution in [2.24, 2.45) is 0 Å². The van der Waals surface area contributed by atoms with E-state index in [9.17, 15) is 24.8 Å². The number of carbonyl (C=O) groups excluding carboxylic acids is 1. The highest BCUT2D eigenvalue weighted by Gasteiger charge is 2.35. The molecule has 1 fully saturated rings. The van der Waals surface area contributed by atoms with E-state index in [0.717, 1.165) is 24.8 Å². The number of nitro benzene ring substituents is 1. The van der Waals surface area contributed by atoms with Crippen molar-refractivity contribution in [3.05, 3.63) is 87.0 Å². The van der Waals surface area contributed by atoms with Crippen LogP contribution in [0.1, 0.15) is 91.4 Å². The fraction of sp³-hybridized carbons (Fsp3) is 0.467. The topological polar surface area (TPSA) is 125 Å². The summed E-state index contributed by atoms with van der Waals surface area (Å²) in [5.41, 5.74) is 1.41. The molecule has 0 amide bonds. The number of nitrogens with zero attached hydrogens (tertiary/aromatic N) is 1. The number of unbranched alkanes of at least 4 members (excludes halogenated alkanes) is 2. The third-order valence-corrected chi connectivity index (χ3v) is 6.85. The Kier molecular flexibility index (Phi) is 11.6. The summed E-state index contributed by atoms with van der Waals surface area (Å²) in [7, 11) is 0. The smallest absolute Gasteiger partial charge is 0.335 e. The first-order valence-corrected chi connectivity index (χ1v) is 13.5. The van der Waals surface area contributed by atoms with E-state index < -0.39 is 29.1 Å². The number of benzene rings is 2. The molecule has 2 aromatic carbocycles. The minimum absolute atomic E-state index is 0.00859. The standard InChI is InChI=1S/C30H37NO8/c1-3-5-7-13-28(39-20-21-11-8-6-9-12-21)25-18-24(30(33)34)23(19-26(25)31(35)36)22-16-17-38-27(22)14-10-15-29(32)37-4-2/h6,8-12,15,18-19,22,27-28H,3-5,7,13-14,16-17,20H2,1-2H3,(H,33,34)/b15-10+/t22?,27?,28-/m1/s1. The van der Waals surface area contributed by atoms with Crippen LogP contribution < -0.4 is 0 Å². The number of hydrogen-bond donors (Lipinski definition) is 1. The predicted octanol–water partition coefficient (Wildman–Crippen LogP) is 6.51. The van der Waals surface area contributed by atoms with E-state index in [1.807, 2.05) is 30.3 Å². The highest BCUT2D eigenvalue weighted by molar-refractivity contribution is 5.90. The number of ether oxygens (including phenoxy) is 3. The lowest BCUT2D eigenvalue weighted by atomic mass is 9.85. The monoisotopic (exact) mass is 539 g/mol. The maximum absolute atomic E-state index is 12.4. The van der Waals surface area contributed by atoms with Gasteiger partial charge in [0.05, 0.1) is 41.5 Å². The largest absolute Gasteiger partial charge is 0.478 e. The average molecular weight is 540 g/mol. The second-order valence-corrected chi connectivity index (χ2v) is 9.54. The van der Waals surface area contributed by atoms with Crippen molar-refractivity contribution in [1.29, 1.82) is 0 Å². The van der Waals surface area contributed by atoms with Crippen LogP contribution in [0.4, 0.5) is 5.69 Å². The van der Waals surface area contributed by atoms with Crippen molar-refractivity contribution in [3.63, 3.8) is 0 Å². The van der Waals surface area contributed by atoms with Gasteiger partial charge in [0, 0.05) is 24.7 Å². The van der Waals surface area contributed by atoms with E-state index in [1.54, 1.807) is 13.0 Å². The van der Waals surface area contributed by atoms with Gasteiger partial charge in [-0.2, -0.15) is 0 Å². The fourth-order valence-electron chi connectivity index (χ4n) is 4.93. The summed E-state index contributed by atoms with van der Waals surface area (Å²) >= 11 is 0. The molecule has 1 aliphatic heterocycles. The fourth-order valence-corrected chi connectivity index (χ4v) is 4.93. The van der Waals surface area contributed by atoms with Crippen LogP contribution in [0.25, 0.3) is 0 Å². The van der Waals surface area contributed by atoms with Gasteiger partial charge in [0.25, 0.3) is 5.69 Å². The van der Waals surface area contributed by atoms with Crippen LogP contribution in [0.15, 0.2) is 54.6 Å². The molecule has 39 heavy (non-hydrogen) atoms. The van der Waals surface area contributed by atoms with Gasteiger partial charge >= 0.3 is 11.9 Å². The van der Waals surface area contributed by atoms with Crippen molar-refractivity contribution in [2.45, 2.75) is 77.1 Å². The summed E-state index contributed by atoms with van der Waals surface area (Å²) in [6, 6.07) is 12.3. The summed E-state index contributed by atoms with van der Waals surface area (Å²) < 4.78 is 16.9. The Hall–Kier alpha value is -3.56. The van der Waals surface area contributed by atoms with Gasteiger partial charge in [-0.05, 0) is 43.4 Å². The Morgan fingerprint density at radius 3 is 2.64 bits per heavy atom. The molecule has 0 spiro atoms. The second-order valence-electron chi connectivity index (χ2n) is 9.54. The minimum Gasteiger partial charge on any atom is -0.478 e. The van der Waals surface area contributed by atoms with Gasteiger partial charge in [-0.3, -0.25) is 10.1 Å². The van der Waals surface area contributed by atoms with E-state index in [2.05, 4.69) is 6.92 Å². The van der Waals surface area contributed by atoms with Crippen molar-refractivity contribution < 1.29 is 33.8 Å². The second kappa shape index (κ2) is 15.1. The van der Waals surface area contributed by atoms with Crippen LogP contribution in [-0.2, 0) is 25.6 Å². The van der Waals surface area contributed by atoms with Gasteiger partial charge in [0.1, 0.15) is 0 Å². The molecule has 0 aromatic heterocycles. The van der Waals surface area contributed by atoms with E-state index in [4.69, 9.17) is 14.2 Å². The normalized spacial score (nSPS) is 17.8. The molecular formula is C30H37NO8. The third-order valence-electron chi connectivity index (χ3n) is 6.85. The van der Waals surface area contributed by atoms with Gasteiger partial charge in [-0.1, -0.05) is 62.6 Å². The Bertz CT molecular complexity index is 1150. The van der Waals surface area contributed by atoms with E-state index in [0.29, 0.717) is 31.4 Å². The number of aromatic carboxylic acids is 1. The summed E-state index contributed by atoms with van der Waals surface area (Å²) in [5, 5.41) is 22.4. The van der Waals surface area contributed by atoms with E-state index >= 15 is 0 Å². The Labute approximate surface area is 228 Å². The zero-order chi connectivity index (χ0) is 28.2. The third kappa shape index (κ3) is 8.46. The van der Waals surface area contributed by atoms with Crippen LogP contribution in [0.3, 0.4) is 0 Å². The van der Waals surface area contributed by atoms with Crippen molar-refractivity contribution in [3.8, 4) is 0 Å². The Balaban J connectivity index is 1.96. The van der Waals surface area contributed by atoms with Crippen LogP contribution in [0.2, 0.25) is 0 Å².